The topological polar surface area (TPSA) is 56.8 Å². The lowest BCUT2D eigenvalue weighted by Crippen LogP contribution is -2.60. The molecule has 1 saturated heterocycles. The summed E-state index contributed by atoms with van der Waals surface area (Å²) in [5.74, 6) is -0.718. The molecule has 0 radical (unpaired) electrons. The highest BCUT2D eigenvalue weighted by molar-refractivity contribution is 5.96. The number of piperazine rings is 1. The van der Waals surface area contributed by atoms with Crippen LogP contribution in [0, 0.1) is 5.82 Å². The molecule has 1 atom stereocenters. The Balaban J connectivity index is 1.85. The van der Waals surface area contributed by atoms with E-state index in [2.05, 4.69) is 4.98 Å². The number of carbonyl (C=O) groups excluding carboxylic acids is 2. The van der Waals surface area contributed by atoms with Gasteiger partial charge in [0.05, 0.1) is 0 Å². The van der Waals surface area contributed by atoms with Crippen molar-refractivity contribution >= 4 is 17.5 Å². The van der Waals surface area contributed by atoms with Crippen molar-refractivity contribution in [3.8, 4) is 0 Å². The van der Waals surface area contributed by atoms with Gasteiger partial charge in [-0.3, -0.25) is 14.6 Å². The number of carbonyl (C=O) groups is 2. The molecule has 0 saturated carbocycles. The first kappa shape index (κ1) is 17.8. The summed E-state index contributed by atoms with van der Waals surface area (Å²) < 4.78 is 13.2. The molecule has 6 nitrogen and oxygen atoms in total. The van der Waals surface area contributed by atoms with Gasteiger partial charge in [0.25, 0.3) is 5.91 Å². The monoisotopic (exact) mass is 356 g/mol. The maximum Gasteiger partial charge on any atom is 0.273 e. The van der Waals surface area contributed by atoms with Crippen molar-refractivity contribution in [1.29, 1.82) is 0 Å². The van der Waals surface area contributed by atoms with Gasteiger partial charge in [-0.25, -0.2) is 4.39 Å². The van der Waals surface area contributed by atoms with Gasteiger partial charge in [0.15, 0.2) is 0 Å². The number of aromatic nitrogens is 1. The summed E-state index contributed by atoms with van der Waals surface area (Å²) in [6.45, 7) is 1.29. The van der Waals surface area contributed by atoms with E-state index in [-0.39, 0.29) is 17.6 Å². The van der Waals surface area contributed by atoms with Gasteiger partial charge < -0.3 is 14.7 Å². The molecular weight excluding hydrogens is 335 g/mol. The SMILES string of the molecule is CN(C)C(=O)C1CN(c2ccc(F)cc2)CCN1C(=O)c1ccccn1. The van der Waals surface area contributed by atoms with Crippen molar-refractivity contribution in [1.82, 2.24) is 14.8 Å². The highest BCUT2D eigenvalue weighted by atomic mass is 19.1. The van der Waals surface area contributed by atoms with Crippen LogP contribution in [0.4, 0.5) is 10.1 Å². The smallest absolute Gasteiger partial charge is 0.273 e. The van der Waals surface area contributed by atoms with E-state index in [0.29, 0.717) is 25.3 Å². The molecule has 136 valence electrons. The van der Waals surface area contributed by atoms with Crippen LogP contribution < -0.4 is 4.90 Å². The summed E-state index contributed by atoms with van der Waals surface area (Å²) in [4.78, 5) is 34.7. The highest BCUT2D eigenvalue weighted by Crippen LogP contribution is 2.21. The first-order chi connectivity index (χ1) is 12.5. The summed E-state index contributed by atoms with van der Waals surface area (Å²) in [5.41, 5.74) is 1.15. The zero-order valence-corrected chi connectivity index (χ0v) is 14.8. The van der Waals surface area contributed by atoms with Crippen LogP contribution in [0.15, 0.2) is 48.7 Å². The molecular formula is C19H21FN4O2. The Bertz CT molecular complexity index is 780. The lowest BCUT2D eigenvalue weighted by molar-refractivity contribution is -0.133. The third-order valence-electron chi connectivity index (χ3n) is 4.44. The highest BCUT2D eigenvalue weighted by Gasteiger charge is 2.37. The second-order valence-electron chi connectivity index (χ2n) is 6.38. The summed E-state index contributed by atoms with van der Waals surface area (Å²) in [7, 11) is 3.34. The Kier molecular flexibility index (Phi) is 5.16. The van der Waals surface area contributed by atoms with Crippen molar-refractivity contribution < 1.29 is 14.0 Å². The molecule has 1 fully saturated rings. The third-order valence-corrected chi connectivity index (χ3v) is 4.44. The van der Waals surface area contributed by atoms with E-state index in [9.17, 15) is 14.0 Å². The minimum absolute atomic E-state index is 0.152. The molecule has 26 heavy (non-hydrogen) atoms. The van der Waals surface area contributed by atoms with Crippen molar-refractivity contribution in [3.63, 3.8) is 0 Å². The van der Waals surface area contributed by atoms with Crippen LogP contribution in [0.25, 0.3) is 0 Å². The van der Waals surface area contributed by atoms with Crippen molar-refractivity contribution in [2.24, 2.45) is 0 Å². The van der Waals surface area contributed by atoms with E-state index in [1.807, 2.05) is 4.90 Å². The Morgan fingerprint density at radius 2 is 1.85 bits per heavy atom. The summed E-state index contributed by atoms with van der Waals surface area (Å²) >= 11 is 0. The number of likely N-dealkylation sites (N-methyl/N-ethyl adjacent to an activating group) is 1. The summed E-state index contributed by atoms with van der Waals surface area (Å²) in [6, 6.07) is 10.7. The van der Waals surface area contributed by atoms with Crippen molar-refractivity contribution in [2.45, 2.75) is 6.04 Å². The molecule has 1 aromatic heterocycles. The number of rotatable bonds is 3. The second kappa shape index (κ2) is 7.51. The van der Waals surface area contributed by atoms with E-state index in [4.69, 9.17) is 0 Å². The average molecular weight is 356 g/mol. The van der Waals surface area contributed by atoms with E-state index in [0.717, 1.165) is 5.69 Å². The molecule has 2 aromatic rings. The zero-order chi connectivity index (χ0) is 18.7. The lowest BCUT2D eigenvalue weighted by atomic mass is 10.1. The number of hydrogen-bond donors (Lipinski definition) is 0. The molecule has 1 aliphatic heterocycles. The minimum Gasteiger partial charge on any atom is -0.367 e. The number of amides is 2. The fourth-order valence-electron chi connectivity index (χ4n) is 3.06. The average Bonchev–Trinajstić information content (AvgIpc) is 2.67. The Morgan fingerprint density at radius 1 is 1.12 bits per heavy atom. The van der Waals surface area contributed by atoms with Gasteiger partial charge in [-0.15, -0.1) is 0 Å². The maximum absolute atomic E-state index is 13.2. The standard InChI is InChI=1S/C19H21FN4O2/c1-22(2)19(26)17-13-23(15-8-6-14(20)7-9-15)11-12-24(17)18(25)16-5-3-4-10-21-16/h3-10,17H,11-13H2,1-2H3. The largest absolute Gasteiger partial charge is 0.367 e. The Morgan fingerprint density at radius 3 is 2.46 bits per heavy atom. The molecule has 1 aromatic carbocycles. The molecule has 0 aliphatic carbocycles. The Labute approximate surface area is 151 Å². The van der Waals surface area contributed by atoms with Crippen molar-refractivity contribution in [3.05, 3.63) is 60.2 Å². The lowest BCUT2D eigenvalue weighted by Gasteiger charge is -2.42. The van der Waals surface area contributed by atoms with Crippen LogP contribution >= 0.6 is 0 Å². The molecule has 7 heteroatoms. The molecule has 0 spiro atoms. The fourth-order valence-corrected chi connectivity index (χ4v) is 3.06. The van der Waals surface area contributed by atoms with Crippen LogP contribution in [-0.2, 0) is 4.79 Å². The van der Waals surface area contributed by atoms with E-state index in [1.165, 1.54) is 17.0 Å². The van der Waals surface area contributed by atoms with Crippen LogP contribution in [0.1, 0.15) is 10.5 Å². The summed E-state index contributed by atoms with van der Waals surface area (Å²) in [6.07, 6.45) is 1.56. The predicted octanol–water partition coefficient (Wildman–Crippen LogP) is 1.64. The van der Waals surface area contributed by atoms with Gasteiger partial charge in [-0.05, 0) is 36.4 Å². The molecule has 2 heterocycles. The van der Waals surface area contributed by atoms with Gasteiger partial charge in [0.1, 0.15) is 17.6 Å². The number of benzene rings is 1. The number of halogens is 1. The van der Waals surface area contributed by atoms with E-state index < -0.39 is 6.04 Å². The third kappa shape index (κ3) is 3.66. The normalized spacial score (nSPS) is 17.1. The molecule has 3 rings (SSSR count). The van der Waals surface area contributed by atoms with Gasteiger partial charge in [0, 0.05) is 45.6 Å². The van der Waals surface area contributed by atoms with Gasteiger partial charge in [-0.1, -0.05) is 6.07 Å². The minimum atomic E-state index is -0.627. The second-order valence-corrected chi connectivity index (χ2v) is 6.38. The number of anilines is 1. The van der Waals surface area contributed by atoms with E-state index >= 15 is 0 Å². The van der Waals surface area contributed by atoms with Gasteiger partial charge in [0.2, 0.25) is 5.91 Å². The van der Waals surface area contributed by atoms with Crippen LogP contribution in [-0.4, -0.2) is 66.4 Å². The fraction of sp³-hybridized carbons (Fsp3) is 0.316. The van der Waals surface area contributed by atoms with Crippen LogP contribution in [0.3, 0.4) is 0 Å². The zero-order valence-electron chi connectivity index (χ0n) is 14.8. The van der Waals surface area contributed by atoms with Crippen LogP contribution in [0.2, 0.25) is 0 Å². The van der Waals surface area contributed by atoms with Crippen LogP contribution in [0.5, 0.6) is 0 Å². The molecule has 0 bridgehead atoms. The quantitative estimate of drug-likeness (QED) is 0.839. The number of nitrogens with zero attached hydrogens (tertiary/aromatic N) is 4. The maximum atomic E-state index is 13.2. The first-order valence-electron chi connectivity index (χ1n) is 8.41. The van der Waals surface area contributed by atoms with Gasteiger partial charge in [-0.2, -0.15) is 0 Å². The number of hydrogen-bond acceptors (Lipinski definition) is 4. The predicted molar refractivity (Wildman–Crippen MR) is 96.4 cm³/mol. The molecule has 2 amide bonds. The molecule has 0 N–H and O–H groups in total. The Hall–Kier alpha value is -2.96. The summed E-state index contributed by atoms with van der Waals surface area (Å²) in [5, 5.41) is 0. The first-order valence-corrected chi connectivity index (χ1v) is 8.41. The number of pyridine rings is 1. The van der Waals surface area contributed by atoms with Gasteiger partial charge >= 0.3 is 0 Å². The molecule has 1 aliphatic rings. The van der Waals surface area contributed by atoms with Crippen molar-refractivity contribution in [2.75, 3.05) is 38.6 Å². The van der Waals surface area contributed by atoms with E-state index in [1.54, 1.807) is 55.5 Å². The molecule has 1 unspecified atom stereocenters.